The van der Waals surface area contributed by atoms with Crippen molar-refractivity contribution in [2.24, 2.45) is 0 Å². The highest BCUT2D eigenvalue weighted by Crippen LogP contribution is 2.32. The Morgan fingerprint density at radius 2 is 1.73 bits per heavy atom. The number of amides is 2. The Labute approximate surface area is 169 Å². The van der Waals surface area contributed by atoms with Crippen LogP contribution in [0.5, 0.6) is 0 Å². The summed E-state index contributed by atoms with van der Waals surface area (Å²) >= 11 is 8.30. The Balaban J connectivity index is 1.90. The molecule has 2 aromatic rings. The van der Waals surface area contributed by atoms with Gasteiger partial charge in [0.05, 0.1) is 5.69 Å². The number of halogens is 2. The molecule has 0 aromatic heterocycles. The molecule has 1 heterocycles. The minimum Gasteiger partial charge on any atom is -0.350 e. The van der Waals surface area contributed by atoms with Crippen molar-refractivity contribution in [3.8, 4) is 0 Å². The molecular weight excluding hydrogens is 467 g/mol. The molecule has 0 bridgehead atoms. The number of carbonyl (C=O) groups is 3. The lowest BCUT2D eigenvalue weighted by molar-refractivity contribution is -0.120. The van der Waals surface area contributed by atoms with Gasteiger partial charge in [-0.15, -0.1) is 0 Å². The quantitative estimate of drug-likeness (QED) is 0.404. The standard InChI is InChI=1S/C19H14ClIN2O3/c1-10-9-13(21)5-8-15(10)23-18(25)16(20)17(19(23)26)22-14-6-3-12(4-7-14)11(2)24/h3-9,22H,1-2H3. The van der Waals surface area contributed by atoms with Crippen LogP contribution < -0.4 is 10.2 Å². The van der Waals surface area contributed by atoms with Crippen molar-refractivity contribution in [1.82, 2.24) is 0 Å². The van der Waals surface area contributed by atoms with Crippen LogP contribution in [0.4, 0.5) is 11.4 Å². The number of anilines is 2. The zero-order chi connectivity index (χ0) is 19.0. The maximum Gasteiger partial charge on any atom is 0.283 e. The monoisotopic (exact) mass is 480 g/mol. The summed E-state index contributed by atoms with van der Waals surface area (Å²) in [4.78, 5) is 37.7. The van der Waals surface area contributed by atoms with Crippen molar-refractivity contribution in [1.29, 1.82) is 0 Å². The minimum absolute atomic E-state index is 0.0187. The molecule has 2 aromatic carbocycles. The maximum absolute atomic E-state index is 12.8. The van der Waals surface area contributed by atoms with Gasteiger partial charge in [0.1, 0.15) is 10.7 Å². The summed E-state index contributed by atoms with van der Waals surface area (Å²) in [7, 11) is 0. The minimum atomic E-state index is -0.566. The van der Waals surface area contributed by atoms with Gasteiger partial charge in [-0.3, -0.25) is 14.4 Å². The van der Waals surface area contributed by atoms with Crippen molar-refractivity contribution in [2.45, 2.75) is 13.8 Å². The summed E-state index contributed by atoms with van der Waals surface area (Å²) in [6.45, 7) is 3.31. The molecule has 132 valence electrons. The van der Waals surface area contributed by atoms with Gasteiger partial charge >= 0.3 is 0 Å². The molecule has 0 aliphatic carbocycles. The number of hydrogen-bond acceptors (Lipinski definition) is 4. The van der Waals surface area contributed by atoms with Crippen LogP contribution in [0.3, 0.4) is 0 Å². The molecule has 0 saturated heterocycles. The fraction of sp³-hybridized carbons (Fsp3) is 0.105. The highest BCUT2D eigenvalue weighted by atomic mass is 127. The number of nitrogens with zero attached hydrogens (tertiary/aromatic N) is 1. The summed E-state index contributed by atoms with van der Waals surface area (Å²) in [5.41, 5.74) is 2.44. The maximum atomic E-state index is 12.8. The van der Waals surface area contributed by atoms with E-state index in [-0.39, 0.29) is 16.5 Å². The van der Waals surface area contributed by atoms with Crippen LogP contribution in [-0.4, -0.2) is 17.6 Å². The van der Waals surface area contributed by atoms with E-state index in [9.17, 15) is 14.4 Å². The third-order valence-electron chi connectivity index (χ3n) is 3.99. The van der Waals surface area contributed by atoms with Crippen molar-refractivity contribution in [2.75, 3.05) is 10.2 Å². The first-order valence-electron chi connectivity index (χ1n) is 7.72. The summed E-state index contributed by atoms with van der Waals surface area (Å²) in [5.74, 6) is -1.13. The number of hydrogen-bond donors (Lipinski definition) is 1. The van der Waals surface area contributed by atoms with Crippen LogP contribution in [0.2, 0.25) is 0 Å². The lowest BCUT2D eigenvalue weighted by Gasteiger charge is -2.17. The molecule has 0 fully saturated rings. The van der Waals surface area contributed by atoms with Gasteiger partial charge in [-0.1, -0.05) is 11.6 Å². The second kappa shape index (κ2) is 7.20. The summed E-state index contributed by atoms with van der Waals surface area (Å²) in [5, 5.41) is 2.73. The number of carbonyl (C=O) groups excluding carboxylic acids is 3. The van der Waals surface area contributed by atoms with E-state index in [1.807, 2.05) is 19.1 Å². The molecule has 26 heavy (non-hydrogen) atoms. The third-order valence-corrected chi connectivity index (χ3v) is 5.01. The van der Waals surface area contributed by atoms with Gasteiger partial charge in [0.15, 0.2) is 5.78 Å². The molecule has 0 atom stereocenters. The molecule has 2 amide bonds. The lowest BCUT2D eigenvalue weighted by Crippen LogP contribution is -2.32. The average molecular weight is 481 g/mol. The number of ketones is 1. The molecule has 0 unspecified atom stereocenters. The average Bonchev–Trinajstić information content (AvgIpc) is 2.80. The number of rotatable bonds is 4. The highest BCUT2D eigenvalue weighted by molar-refractivity contribution is 14.1. The Morgan fingerprint density at radius 3 is 2.31 bits per heavy atom. The first kappa shape index (κ1) is 18.6. The summed E-state index contributed by atoms with van der Waals surface area (Å²) in [6, 6.07) is 12.0. The van der Waals surface area contributed by atoms with Gasteiger partial charge in [0.25, 0.3) is 11.8 Å². The fourth-order valence-electron chi connectivity index (χ4n) is 2.63. The normalized spacial score (nSPS) is 14.2. The van der Waals surface area contributed by atoms with Gasteiger partial charge < -0.3 is 5.32 Å². The van der Waals surface area contributed by atoms with Gasteiger partial charge in [-0.25, -0.2) is 4.90 Å². The van der Waals surface area contributed by atoms with Crippen LogP contribution in [0.15, 0.2) is 53.2 Å². The summed E-state index contributed by atoms with van der Waals surface area (Å²) < 4.78 is 1.01. The first-order chi connectivity index (χ1) is 12.3. The highest BCUT2D eigenvalue weighted by Gasteiger charge is 2.39. The van der Waals surface area contributed by atoms with Crippen molar-refractivity contribution in [3.05, 3.63) is 67.9 Å². The Bertz CT molecular complexity index is 967. The van der Waals surface area contributed by atoms with Crippen LogP contribution in [0, 0.1) is 10.5 Å². The number of benzene rings is 2. The van der Waals surface area contributed by atoms with E-state index in [1.165, 1.54) is 6.92 Å². The van der Waals surface area contributed by atoms with E-state index < -0.39 is 11.8 Å². The van der Waals surface area contributed by atoms with Crippen LogP contribution in [0.1, 0.15) is 22.8 Å². The van der Waals surface area contributed by atoms with E-state index in [0.717, 1.165) is 14.0 Å². The Morgan fingerprint density at radius 1 is 1.08 bits per heavy atom. The Hall–Kier alpha value is -2.19. The first-order valence-corrected chi connectivity index (χ1v) is 9.18. The van der Waals surface area contributed by atoms with Crippen molar-refractivity contribution >= 4 is 63.2 Å². The number of aryl methyl sites for hydroxylation is 1. The molecule has 1 aliphatic heterocycles. The predicted molar refractivity (Wildman–Crippen MR) is 109 cm³/mol. The van der Waals surface area contributed by atoms with Crippen LogP contribution in [-0.2, 0) is 9.59 Å². The molecule has 0 spiro atoms. The van der Waals surface area contributed by atoms with Gasteiger partial charge in [-0.2, -0.15) is 0 Å². The molecule has 7 heteroatoms. The van der Waals surface area contributed by atoms with Gasteiger partial charge in [0.2, 0.25) is 0 Å². The molecule has 5 nitrogen and oxygen atoms in total. The van der Waals surface area contributed by atoms with E-state index in [2.05, 4.69) is 27.9 Å². The molecule has 0 saturated carbocycles. The van der Waals surface area contributed by atoms with E-state index >= 15 is 0 Å². The summed E-state index contributed by atoms with van der Waals surface area (Å²) in [6.07, 6.45) is 0. The SMILES string of the molecule is CC(=O)c1ccc(NC2=C(Cl)C(=O)N(c3ccc(I)cc3C)C2=O)cc1. The largest absolute Gasteiger partial charge is 0.350 e. The fourth-order valence-corrected chi connectivity index (χ4v) is 3.49. The molecular formula is C19H14ClIN2O3. The molecule has 1 N–H and O–H groups in total. The van der Waals surface area contributed by atoms with E-state index in [4.69, 9.17) is 11.6 Å². The molecule has 1 aliphatic rings. The van der Waals surface area contributed by atoms with Crippen LogP contribution in [0.25, 0.3) is 0 Å². The van der Waals surface area contributed by atoms with Gasteiger partial charge in [0, 0.05) is 14.8 Å². The molecule has 0 radical (unpaired) electrons. The van der Waals surface area contributed by atoms with E-state index in [1.54, 1.807) is 30.3 Å². The second-order valence-corrected chi connectivity index (χ2v) is 7.45. The van der Waals surface area contributed by atoms with E-state index in [0.29, 0.717) is 16.9 Å². The smallest absolute Gasteiger partial charge is 0.283 e. The molecule has 3 rings (SSSR count). The van der Waals surface area contributed by atoms with Crippen molar-refractivity contribution in [3.63, 3.8) is 0 Å². The topological polar surface area (TPSA) is 66.5 Å². The number of Topliss-reactive ketones (excluding diaryl/α,β-unsaturated/α-hetero) is 1. The van der Waals surface area contributed by atoms with Crippen molar-refractivity contribution < 1.29 is 14.4 Å². The zero-order valence-corrected chi connectivity index (χ0v) is 16.9. The third kappa shape index (κ3) is 3.39. The Kier molecular flexibility index (Phi) is 5.15. The van der Waals surface area contributed by atoms with Gasteiger partial charge in [-0.05, 0) is 84.5 Å². The van der Waals surface area contributed by atoms with Crippen LogP contribution >= 0.6 is 34.2 Å². The lowest BCUT2D eigenvalue weighted by atomic mass is 10.1. The predicted octanol–water partition coefficient (Wildman–Crippen LogP) is 4.24. The number of nitrogens with one attached hydrogen (secondary N) is 1. The second-order valence-electron chi connectivity index (χ2n) is 5.82. The zero-order valence-electron chi connectivity index (χ0n) is 14.0. The number of imide groups is 1.